The highest BCUT2D eigenvalue weighted by molar-refractivity contribution is 5.81. The standard InChI is InChI=1S/C26H32F2N4O3/c1-3-5-20(13-14-29)30-25(33)19-9-7-18(8-10-19)17-32-23-16-21(35-15-4-6-24(27)28)11-12-22(23)31(2)26(32)34/h3,5-6,11-14,16,18-19H,1,4,7-10,15,17,29H2,2H3,(H,30,33)/b14-13-,20-5+/t18-,19-. The maximum atomic E-state index is 12.9. The number of nitrogens with two attached hydrogens (primary N) is 1. The van der Waals surface area contributed by atoms with E-state index in [1.807, 2.05) is 0 Å². The second-order valence-electron chi connectivity index (χ2n) is 8.66. The first kappa shape index (κ1) is 26.0. The molecule has 1 aliphatic carbocycles. The number of ether oxygens (including phenoxy) is 1. The van der Waals surface area contributed by atoms with Crippen LogP contribution < -0.4 is 21.5 Å². The average molecular weight is 487 g/mol. The van der Waals surface area contributed by atoms with E-state index >= 15 is 0 Å². The number of nitrogens with zero attached hydrogens (tertiary/aromatic N) is 2. The van der Waals surface area contributed by atoms with E-state index in [1.165, 1.54) is 6.20 Å². The van der Waals surface area contributed by atoms with Gasteiger partial charge in [0.15, 0.2) is 0 Å². The largest absolute Gasteiger partial charge is 0.493 e. The Bertz CT molecular complexity index is 1200. The summed E-state index contributed by atoms with van der Waals surface area (Å²) in [6.45, 7) is 4.31. The highest BCUT2D eigenvalue weighted by Crippen LogP contribution is 2.31. The number of imidazole rings is 1. The van der Waals surface area contributed by atoms with Crippen LogP contribution in [0.1, 0.15) is 32.1 Å². The second-order valence-corrected chi connectivity index (χ2v) is 8.66. The number of hydrogen-bond donors (Lipinski definition) is 2. The van der Waals surface area contributed by atoms with E-state index in [9.17, 15) is 18.4 Å². The minimum atomic E-state index is -1.73. The molecule has 0 atom stereocenters. The minimum Gasteiger partial charge on any atom is -0.493 e. The lowest BCUT2D eigenvalue weighted by Crippen LogP contribution is -2.34. The summed E-state index contributed by atoms with van der Waals surface area (Å²) in [5.74, 6) is 0.649. The van der Waals surface area contributed by atoms with Crippen LogP contribution in [0.15, 0.2) is 71.9 Å². The zero-order chi connectivity index (χ0) is 25.4. The molecule has 0 aliphatic heterocycles. The van der Waals surface area contributed by atoms with Crippen LogP contribution in [0.4, 0.5) is 8.78 Å². The van der Waals surface area contributed by atoms with E-state index in [4.69, 9.17) is 10.5 Å². The smallest absolute Gasteiger partial charge is 0.328 e. The zero-order valence-electron chi connectivity index (χ0n) is 19.9. The van der Waals surface area contributed by atoms with E-state index in [1.54, 1.807) is 52.6 Å². The molecule has 0 bridgehead atoms. The van der Waals surface area contributed by atoms with Crippen molar-refractivity contribution in [2.75, 3.05) is 6.61 Å². The van der Waals surface area contributed by atoms with E-state index in [0.717, 1.165) is 42.8 Å². The molecule has 0 spiro atoms. The lowest BCUT2D eigenvalue weighted by atomic mass is 9.81. The van der Waals surface area contributed by atoms with Crippen molar-refractivity contribution >= 4 is 16.9 Å². The third-order valence-corrected chi connectivity index (χ3v) is 6.30. The van der Waals surface area contributed by atoms with Crippen molar-refractivity contribution in [1.29, 1.82) is 0 Å². The van der Waals surface area contributed by atoms with Gasteiger partial charge in [-0.05, 0) is 68.2 Å². The number of rotatable bonds is 10. The summed E-state index contributed by atoms with van der Waals surface area (Å²) in [4.78, 5) is 25.6. The molecular weight excluding hydrogens is 454 g/mol. The highest BCUT2D eigenvalue weighted by atomic mass is 19.3. The summed E-state index contributed by atoms with van der Waals surface area (Å²) in [6, 6.07) is 5.32. The lowest BCUT2D eigenvalue weighted by Gasteiger charge is -2.28. The Balaban J connectivity index is 1.66. The van der Waals surface area contributed by atoms with Gasteiger partial charge in [0.25, 0.3) is 6.08 Å². The SMILES string of the molecule is C=C/C=C(\C=C/N)NC(=O)[C@H]1CC[C@H](Cn2c(=O)n(C)c3ccc(OCCC=C(F)F)cc32)CC1. The molecule has 7 nitrogen and oxygen atoms in total. The fourth-order valence-corrected chi connectivity index (χ4v) is 4.48. The number of carbonyl (C=O) groups is 1. The van der Waals surface area contributed by atoms with Crippen LogP contribution in [-0.4, -0.2) is 21.6 Å². The van der Waals surface area contributed by atoms with Gasteiger partial charge in [-0.25, -0.2) is 4.79 Å². The molecule has 0 radical (unpaired) electrons. The molecule has 35 heavy (non-hydrogen) atoms. The molecule has 1 heterocycles. The summed E-state index contributed by atoms with van der Waals surface area (Å²) in [7, 11) is 1.72. The summed E-state index contributed by atoms with van der Waals surface area (Å²) >= 11 is 0. The first-order chi connectivity index (χ1) is 16.8. The topological polar surface area (TPSA) is 91.3 Å². The number of carbonyl (C=O) groups excluding carboxylic acids is 1. The van der Waals surface area contributed by atoms with Gasteiger partial charge in [0.05, 0.1) is 17.6 Å². The van der Waals surface area contributed by atoms with Gasteiger partial charge < -0.3 is 15.8 Å². The zero-order valence-corrected chi connectivity index (χ0v) is 19.9. The van der Waals surface area contributed by atoms with Crippen molar-refractivity contribution in [2.24, 2.45) is 24.6 Å². The molecule has 0 saturated heterocycles. The molecule has 1 aliphatic rings. The molecule has 188 valence electrons. The van der Waals surface area contributed by atoms with Crippen LogP contribution >= 0.6 is 0 Å². The van der Waals surface area contributed by atoms with Crippen molar-refractivity contribution in [3.05, 3.63) is 77.5 Å². The number of amides is 1. The number of halogens is 2. The Kier molecular flexibility index (Phi) is 9.05. The van der Waals surface area contributed by atoms with E-state index in [2.05, 4.69) is 11.9 Å². The van der Waals surface area contributed by atoms with E-state index in [0.29, 0.717) is 18.0 Å². The molecule has 1 saturated carbocycles. The number of hydrogen-bond acceptors (Lipinski definition) is 4. The van der Waals surface area contributed by atoms with Crippen LogP contribution in [0.3, 0.4) is 0 Å². The highest BCUT2D eigenvalue weighted by Gasteiger charge is 2.27. The van der Waals surface area contributed by atoms with Gasteiger partial charge in [0.1, 0.15) is 5.75 Å². The van der Waals surface area contributed by atoms with Crippen LogP contribution in [0.2, 0.25) is 0 Å². The molecule has 1 fully saturated rings. The van der Waals surface area contributed by atoms with Gasteiger partial charge in [0, 0.05) is 37.7 Å². The number of aryl methyl sites for hydroxylation is 1. The average Bonchev–Trinajstić information content (AvgIpc) is 3.07. The third-order valence-electron chi connectivity index (χ3n) is 6.30. The van der Waals surface area contributed by atoms with Gasteiger partial charge in [0.2, 0.25) is 5.91 Å². The Morgan fingerprint density at radius 1 is 1.26 bits per heavy atom. The first-order valence-electron chi connectivity index (χ1n) is 11.7. The molecule has 9 heteroatoms. The predicted molar refractivity (Wildman–Crippen MR) is 133 cm³/mol. The fraction of sp³-hybridized carbons (Fsp3) is 0.385. The molecule has 3 N–H and O–H groups in total. The summed E-state index contributed by atoms with van der Waals surface area (Å²) in [5.41, 5.74) is 7.44. The monoisotopic (exact) mass is 486 g/mol. The van der Waals surface area contributed by atoms with Crippen molar-refractivity contribution in [3.8, 4) is 5.75 Å². The molecule has 1 aromatic heterocycles. The molecule has 0 unspecified atom stereocenters. The minimum absolute atomic E-state index is 0.0405. The van der Waals surface area contributed by atoms with Crippen molar-refractivity contribution in [3.63, 3.8) is 0 Å². The predicted octanol–water partition coefficient (Wildman–Crippen LogP) is 4.35. The number of fused-ring (bicyclic) bond motifs is 1. The number of allylic oxidation sites excluding steroid dienone is 3. The Morgan fingerprint density at radius 2 is 2.00 bits per heavy atom. The van der Waals surface area contributed by atoms with Crippen LogP contribution in [0, 0.1) is 11.8 Å². The van der Waals surface area contributed by atoms with E-state index < -0.39 is 6.08 Å². The number of nitrogens with one attached hydrogen (secondary N) is 1. The third kappa shape index (κ3) is 6.71. The van der Waals surface area contributed by atoms with Crippen molar-refractivity contribution in [2.45, 2.75) is 38.6 Å². The van der Waals surface area contributed by atoms with Gasteiger partial charge >= 0.3 is 5.69 Å². The van der Waals surface area contributed by atoms with Gasteiger partial charge in [-0.2, -0.15) is 8.78 Å². The van der Waals surface area contributed by atoms with Gasteiger partial charge in [-0.15, -0.1) is 0 Å². The summed E-state index contributed by atoms with van der Waals surface area (Å²) < 4.78 is 33.3. The lowest BCUT2D eigenvalue weighted by molar-refractivity contribution is -0.125. The summed E-state index contributed by atoms with van der Waals surface area (Å²) in [6.07, 6.45) is 8.57. The summed E-state index contributed by atoms with van der Waals surface area (Å²) in [5, 5.41) is 2.89. The molecule has 3 rings (SSSR count). The normalized spacial score (nSPS) is 18.5. The molecule has 1 amide bonds. The number of benzene rings is 1. The molecule has 1 aromatic carbocycles. The quantitative estimate of drug-likeness (QED) is 0.386. The second kappa shape index (κ2) is 12.2. The number of aromatic nitrogens is 2. The van der Waals surface area contributed by atoms with Gasteiger partial charge in [-0.1, -0.05) is 12.7 Å². The van der Waals surface area contributed by atoms with Crippen LogP contribution in [0.5, 0.6) is 5.75 Å². The van der Waals surface area contributed by atoms with Crippen molar-refractivity contribution < 1.29 is 18.3 Å². The Morgan fingerprint density at radius 3 is 2.66 bits per heavy atom. The van der Waals surface area contributed by atoms with E-state index in [-0.39, 0.29) is 36.5 Å². The maximum absolute atomic E-state index is 12.9. The van der Waals surface area contributed by atoms with Crippen LogP contribution in [-0.2, 0) is 18.4 Å². The van der Waals surface area contributed by atoms with Crippen molar-refractivity contribution in [1.82, 2.24) is 14.5 Å². The maximum Gasteiger partial charge on any atom is 0.328 e. The first-order valence-corrected chi connectivity index (χ1v) is 11.7. The fourth-order valence-electron chi connectivity index (χ4n) is 4.48. The molecule has 2 aromatic rings. The van der Waals surface area contributed by atoms with Crippen LogP contribution in [0.25, 0.3) is 11.0 Å². The van der Waals surface area contributed by atoms with Gasteiger partial charge in [-0.3, -0.25) is 13.9 Å². The molecular formula is C26H32F2N4O3. The Hall–Kier alpha value is -3.62. The Labute approximate surface area is 203 Å².